The molecular weight excluding hydrogens is 408 g/mol. The molecule has 12 nitrogen and oxygen atoms in total. The van der Waals surface area contributed by atoms with Gasteiger partial charge in [0.1, 0.15) is 5.56 Å². The fraction of sp³-hybridized carbons (Fsp3) is 0. The number of hydrogen-bond acceptors (Lipinski definition) is 8. The van der Waals surface area contributed by atoms with Crippen LogP contribution in [0.25, 0.3) is 0 Å². The maximum absolute atomic E-state index is 13.0. The Bertz CT molecular complexity index is 1190. The number of ketones is 2. The molecule has 0 atom stereocenters. The van der Waals surface area contributed by atoms with Crippen LogP contribution < -0.4 is 9.47 Å². The largest absolute Gasteiger partial charge is 0.511 e. The van der Waals surface area contributed by atoms with Crippen molar-refractivity contribution in [3.05, 3.63) is 57.6 Å². The van der Waals surface area contributed by atoms with Crippen LogP contribution in [0.3, 0.4) is 0 Å². The van der Waals surface area contributed by atoms with Crippen LogP contribution in [0, 0.1) is 0 Å². The van der Waals surface area contributed by atoms with Gasteiger partial charge in [0, 0.05) is 11.1 Å². The summed E-state index contributed by atoms with van der Waals surface area (Å²) in [7, 11) is 0. The Morgan fingerprint density at radius 3 is 1.50 bits per heavy atom. The standard InChI is InChI=1S/C18H8O12/c19-11-5-3-1-2-4-6(5)12(20)9-7(11)8(15(21)22)10(16(23)24)14(30-18(27)28)13(9)29-17(25)26/h1-4H,(H,21,22)(H,23,24)(H,25,26)(H,27,28). The summed E-state index contributed by atoms with van der Waals surface area (Å²) >= 11 is 0. The normalized spacial score (nSPS) is 11.9. The van der Waals surface area contributed by atoms with Crippen molar-refractivity contribution in [1.82, 2.24) is 0 Å². The van der Waals surface area contributed by atoms with Gasteiger partial charge in [0.15, 0.2) is 23.1 Å². The minimum atomic E-state index is -2.15. The second kappa shape index (κ2) is 7.01. The lowest BCUT2D eigenvalue weighted by molar-refractivity contribution is 0.0643. The molecule has 0 saturated heterocycles. The number of carbonyl (C=O) groups excluding carboxylic acids is 2. The summed E-state index contributed by atoms with van der Waals surface area (Å²) in [5, 5.41) is 37.0. The third-order valence-electron chi connectivity index (χ3n) is 4.09. The molecule has 0 heterocycles. The maximum atomic E-state index is 13.0. The Labute approximate surface area is 164 Å². The number of aromatic carboxylic acids is 2. The van der Waals surface area contributed by atoms with Gasteiger partial charge in [0.25, 0.3) is 0 Å². The van der Waals surface area contributed by atoms with Crippen LogP contribution in [-0.2, 0) is 0 Å². The Kier molecular flexibility index (Phi) is 4.68. The van der Waals surface area contributed by atoms with Gasteiger partial charge in [-0.05, 0) is 0 Å². The van der Waals surface area contributed by atoms with Crippen LogP contribution >= 0.6 is 0 Å². The molecule has 152 valence electrons. The number of carboxylic acid groups (broad SMARTS) is 4. The smallest absolute Gasteiger partial charge is 0.478 e. The van der Waals surface area contributed by atoms with Gasteiger partial charge in [0.05, 0.1) is 16.7 Å². The molecule has 12 heteroatoms. The molecule has 2 aromatic rings. The van der Waals surface area contributed by atoms with Gasteiger partial charge in [-0.2, -0.15) is 0 Å². The molecule has 0 amide bonds. The van der Waals surface area contributed by atoms with Crippen molar-refractivity contribution in [2.45, 2.75) is 0 Å². The van der Waals surface area contributed by atoms with Gasteiger partial charge in [-0.1, -0.05) is 24.3 Å². The highest BCUT2D eigenvalue weighted by Gasteiger charge is 2.43. The highest BCUT2D eigenvalue weighted by Crippen LogP contribution is 2.45. The predicted molar refractivity (Wildman–Crippen MR) is 91.0 cm³/mol. The fourth-order valence-electron chi connectivity index (χ4n) is 3.08. The topological polar surface area (TPSA) is 202 Å². The zero-order chi connectivity index (χ0) is 22.3. The molecule has 4 N–H and O–H groups in total. The van der Waals surface area contributed by atoms with Crippen molar-refractivity contribution in [2.24, 2.45) is 0 Å². The van der Waals surface area contributed by atoms with Crippen LogP contribution in [0.2, 0.25) is 0 Å². The highest BCUT2D eigenvalue weighted by molar-refractivity contribution is 6.33. The lowest BCUT2D eigenvalue weighted by atomic mass is 9.79. The Morgan fingerprint density at radius 2 is 1.07 bits per heavy atom. The molecule has 0 fully saturated rings. The average Bonchev–Trinajstić information content (AvgIpc) is 2.65. The van der Waals surface area contributed by atoms with E-state index in [1.165, 1.54) is 24.3 Å². The first kappa shape index (κ1) is 20.0. The second-order valence-corrected chi connectivity index (χ2v) is 5.71. The number of carboxylic acids is 2. The van der Waals surface area contributed by atoms with Crippen LogP contribution in [0.5, 0.6) is 11.5 Å². The molecule has 0 bridgehead atoms. The van der Waals surface area contributed by atoms with Crippen LogP contribution in [0.4, 0.5) is 9.59 Å². The van der Waals surface area contributed by atoms with Crippen molar-refractivity contribution in [1.29, 1.82) is 0 Å². The number of fused-ring (bicyclic) bond motifs is 2. The summed E-state index contributed by atoms with van der Waals surface area (Å²) in [6.45, 7) is 0. The number of hydrogen-bond donors (Lipinski definition) is 4. The predicted octanol–water partition coefficient (Wildman–Crippen LogP) is 1.97. The van der Waals surface area contributed by atoms with Crippen LogP contribution in [-0.4, -0.2) is 56.2 Å². The van der Waals surface area contributed by atoms with E-state index in [9.17, 15) is 39.0 Å². The first-order chi connectivity index (χ1) is 14.1. The first-order valence-electron chi connectivity index (χ1n) is 7.76. The summed E-state index contributed by atoms with van der Waals surface area (Å²) in [6, 6.07) is 5.10. The van der Waals surface area contributed by atoms with Crippen molar-refractivity contribution in [2.75, 3.05) is 0 Å². The molecule has 0 spiro atoms. The third-order valence-corrected chi connectivity index (χ3v) is 4.09. The monoisotopic (exact) mass is 416 g/mol. The molecule has 0 saturated carbocycles. The molecule has 0 radical (unpaired) electrons. The Morgan fingerprint density at radius 1 is 0.633 bits per heavy atom. The van der Waals surface area contributed by atoms with Gasteiger partial charge >= 0.3 is 24.2 Å². The number of ether oxygens (including phenoxy) is 2. The van der Waals surface area contributed by atoms with E-state index in [1.54, 1.807) is 0 Å². The first-order valence-corrected chi connectivity index (χ1v) is 7.76. The fourth-order valence-corrected chi connectivity index (χ4v) is 3.08. The summed E-state index contributed by atoms with van der Waals surface area (Å²) in [5.41, 5.74) is -5.05. The lowest BCUT2D eigenvalue weighted by Gasteiger charge is -2.23. The van der Waals surface area contributed by atoms with Crippen molar-refractivity contribution < 1.29 is 58.7 Å². The van der Waals surface area contributed by atoms with Gasteiger partial charge < -0.3 is 29.9 Å². The number of benzene rings is 2. The van der Waals surface area contributed by atoms with Crippen LogP contribution in [0.15, 0.2) is 24.3 Å². The van der Waals surface area contributed by atoms with Crippen molar-refractivity contribution in [3.8, 4) is 11.5 Å². The zero-order valence-corrected chi connectivity index (χ0v) is 14.4. The zero-order valence-electron chi connectivity index (χ0n) is 14.4. The summed E-state index contributed by atoms with van der Waals surface area (Å²) < 4.78 is 8.69. The van der Waals surface area contributed by atoms with Gasteiger partial charge in [-0.25, -0.2) is 19.2 Å². The maximum Gasteiger partial charge on any atom is 0.511 e. The molecule has 3 rings (SSSR count). The Hall–Kier alpha value is -4.74. The molecule has 0 aliphatic heterocycles. The van der Waals surface area contributed by atoms with Gasteiger partial charge in [0.2, 0.25) is 0 Å². The molecule has 0 aromatic heterocycles. The average molecular weight is 416 g/mol. The van der Waals surface area contributed by atoms with E-state index < -0.39 is 69.6 Å². The third kappa shape index (κ3) is 2.97. The van der Waals surface area contributed by atoms with Gasteiger partial charge in [-0.3, -0.25) is 9.59 Å². The van der Waals surface area contributed by atoms with E-state index in [1.807, 2.05) is 0 Å². The van der Waals surface area contributed by atoms with Gasteiger partial charge in [-0.15, -0.1) is 0 Å². The number of rotatable bonds is 4. The van der Waals surface area contributed by atoms with Crippen molar-refractivity contribution in [3.63, 3.8) is 0 Å². The summed E-state index contributed by atoms with van der Waals surface area (Å²) in [4.78, 5) is 71.7. The van der Waals surface area contributed by atoms with Crippen molar-refractivity contribution >= 4 is 35.8 Å². The molecule has 30 heavy (non-hydrogen) atoms. The lowest BCUT2D eigenvalue weighted by Crippen LogP contribution is -2.28. The molecule has 2 aromatic carbocycles. The van der Waals surface area contributed by atoms with E-state index in [4.69, 9.17) is 10.2 Å². The van der Waals surface area contributed by atoms with E-state index >= 15 is 0 Å². The molecule has 0 unspecified atom stereocenters. The minimum absolute atomic E-state index is 0.258. The number of carbonyl (C=O) groups is 6. The van der Waals surface area contributed by atoms with E-state index in [2.05, 4.69) is 9.47 Å². The minimum Gasteiger partial charge on any atom is -0.478 e. The Balaban J connectivity index is 2.59. The second-order valence-electron chi connectivity index (χ2n) is 5.71. The van der Waals surface area contributed by atoms with E-state index in [-0.39, 0.29) is 11.1 Å². The van der Waals surface area contributed by atoms with E-state index in [0.717, 1.165) is 0 Å². The summed E-state index contributed by atoms with van der Waals surface area (Å²) in [5.74, 6) is -8.85. The van der Waals surface area contributed by atoms with E-state index in [0.29, 0.717) is 0 Å². The van der Waals surface area contributed by atoms with Crippen LogP contribution in [0.1, 0.15) is 52.6 Å². The molecule has 1 aliphatic rings. The quantitative estimate of drug-likeness (QED) is 0.356. The SMILES string of the molecule is O=C(O)Oc1c(OC(=O)O)c2c(c(C(=O)O)c1C(=O)O)C(=O)c1ccccc1C2=O. The molecular formula is C18H8O12. The highest BCUT2D eigenvalue weighted by atomic mass is 16.7. The summed E-state index contributed by atoms with van der Waals surface area (Å²) in [6.07, 6.45) is -4.26. The molecule has 1 aliphatic carbocycles.